The Labute approximate surface area is 389 Å². The van der Waals surface area contributed by atoms with E-state index in [2.05, 4.69) is 79.1 Å². The molecule has 0 aliphatic carbocycles. The van der Waals surface area contributed by atoms with Crippen LogP contribution in [-0.4, -0.2) is 112 Å². The third-order valence-electron chi connectivity index (χ3n) is 13.3. The summed E-state index contributed by atoms with van der Waals surface area (Å²) in [5.74, 6) is -2.09. The minimum atomic E-state index is -0.922. The second kappa shape index (κ2) is 20.3. The minimum absolute atomic E-state index is 0.00572. The summed E-state index contributed by atoms with van der Waals surface area (Å²) >= 11 is 0. The van der Waals surface area contributed by atoms with Crippen LogP contribution in [0.5, 0.6) is 0 Å². The van der Waals surface area contributed by atoms with Crippen molar-refractivity contribution in [2.24, 2.45) is 17.3 Å². The molecule has 4 amide bonds. The topological polar surface area (TPSA) is 155 Å². The third-order valence-corrected chi connectivity index (χ3v) is 13.3. The van der Waals surface area contributed by atoms with Crippen molar-refractivity contribution in [3.8, 4) is 22.4 Å². The molecule has 2 N–H and O–H groups in total. The van der Waals surface area contributed by atoms with Crippen LogP contribution in [0, 0.1) is 17.3 Å². The third kappa shape index (κ3) is 10.4. The zero-order valence-corrected chi connectivity index (χ0v) is 39.9. The van der Waals surface area contributed by atoms with Crippen LogP contribution in [0.2, 0.25) is 0 Å². The van der Waals surface area contributed by atoms with Crippen molar-refractivity contribution < 1.29 is 33.4 Å². The molecule has 2 aromatic heterocycles. The maximum absolute atomic E-state index is 14.4. The molecule has 5 heterocycles. The van der Waals surface area contributed by atoms with Crippen LogP contribution in [0.1, 0.15) is 96.7 Å². The average molecular weight is 902 g/mol. The number of esters is 1. The standard InChI is InChI=1S/C52H67N7O7/c1-10-45(61)57-24-20-39(29-57)50(63)56(9)47(32(2)3)49(62)55-43(51(64)58-23-12-11-22-54-58)26-36-15-13-16-37(25-36)38-18-19-44-41(27-38)42(28-52(7,8)31-66-35(6)60)48-40-17-14-21-53-46(40)34(5)65-30-33(4)59(44)48/h10,13-19,21,25,27,32-34,39,43,47,54H,1,11-12,20,22-24,26,28-31H2,2-9H3,(H,55,62)/t33-,34-,39-,43-,47-/m0/s1. The van der Waals surface area contributed by atoms with Crippen LogP contribution in [0.4, 0.5) is 0 Å². The lowest BCUT2D eigenvalue weighted by Crippen LogP contribution is -2.59. The van der Waals surface area contributed by atoms with Crippen molar-refractivity contribution in [3.63, 3.8) is 0 Å². The molecule has 2 fully saturated rings. The Kier molecular flexibility index (Phi) is 14.8. The second-order valence-electron chi connectivity index (χ2n) is 19.5. The molecule has 3 aliphatic heterocycles. The van der Waals surface area contributed by atoms with Gasteiger partial charge in [-0.15, -0.1) is 0 Å². The van der Waals surface area contributed by atoms with E-state index >= 15 is 0 Å². The highest BCUT2D eigenvalue weighted by molar-refractivity contribution is 5.96. The first-order valence-corrected chi connectivity index (χ1v) is 23.5. The number of likely N-dealkylation sites (N-methyl/N-ethyl adjacent to an activating group) is 1. The molecule has 0 saturated carbocycles. The van der Waals surface area contributed by atoms with Crippen LogP contribution in [0.25, 0.3) is 33.3 Å². The van der Waals surface area contributed by atoms with Crippen molar-refractivity contribution in [3.05, 3.63) is 90.3 Å². The van der Waals surface area contributed by atoms with E-state index in [1.165, 1.54) is 17.9 Å². The van der Waals surface area contributed by atoms with Gasteiger partial charge in [0.2, 0.25) is 17.7 Å². The fraction of sp³-hybridized carbons (Fsp3) is 0.500. The van der Waals surface area contributed by atoms with Crippen molar-refractivity contribution in [1.82, 2.24) is 35.1 Å². The molecule has 14 heteroatoms. The Balaban J connectivity index is 1.23. The van der Waals surface area contributed by atoms with Gasteiger partial charge in [-0.25, -0.2) is 5.43 Å². The van der Waals surface area contributed by atoms with Gasteiger partial charge in [0.25, 0.3) is 5.91 Å². The molecule has 0 radical (unpaired) electrons. The number of hydrogen-bond acceptors (Lipinski definition) is 9. The molecule has 0 unspecified atom stereocenters. The van der Waals surface area contributed by atoms with Gasteiger partial charge in [0.1, 0.15) is 12.1 Å². The van der Waals surface area contributed by atoms with Gasteiger partial charge in [-0.1, -0.05) is 64.6 Å². The molecular formula is C52H67N7O7. The summed E-state index contributed by atoms with van der Waals surface area (Å²) in [6.45, 7) is 19.9. The van der Waals surface area contributed by atoms with Gasteiger partial charge in [0, 0.05) is 74.6 Å². The number of hydrazine groups is 1. The van der Waals surface area contributed by atoms with Crippen LogP contribution in [0.15, 0.2) is 73.4 Å². The number of nitrogens with one attached hydrogen (secondary N) is 2. The van der Waals surface area contributed by atoms with E-state index in [4.69, 9.17) is 14.5 Å². The lowest BCUT2D eigenvalue weighted by Gasteiger charge is -2.35. The highest BCUT2D eigenvalue weighted by atomic mass is 16.5. The molecule has 4 aromatic rings. The molecule has 0 spiro atoms. The monoisotopic (exact) mass is 902 g/mol. The summed E-state index contributed by atoms with van der Waals surface area (Å²) in [6, 6.07) is 16.9. The first-order chi connectivity index (χ1) is 31.5. The predicted octanol–water partition coefficient (Wildman–Crippen LogP) is 6.83. The number of amides is 4. The van der Waals surface area contributed by atoms with E-state index in [9.17, 15) is 24.0 Å². The Morgan fingerprint density at radius 1 is 1.05 bits per heavy atom. The van der Waals surface area contributed by atoms with Crippen LogP contribution in [-0.2, 0) is 46.3 Å². The lowest BCUT2D eigenvalue weighted by molar-refractivity contribution is -0.146. The van der Waals surface area contributed by atoms with Crippen LogP contribution in [0.3, 0.4) is 0 Å². The number of rotatable bonds is 14. The molecule has 14 nitrogen and oxygen atoms in total. The first-order valence-electron chi connectivity index (χ1n) is 23.5. The number of nitrogens with zero attached hydrogens (tertiary/aromatic N) is 5. The van der Waals surface area contributed by atoms with E-state index in [1.54, 1.807) is 23.2 Å². The van der Waals surface area contributed by atoms with Crippen LogP contribution < -0.4 is 10.7 Å². The van der Waals surface area contributed by atoms with E-state index < -0.39 is 29.3 Å². The average Bonchev–Trinajstić information content (AvgIpc) is 3.92. The normalized spacial score (nSPS) is 19.6. The number of fused-ring (bicyclic) bond motifs is 5. The molecule has 5 atom stereocenters. The van der Waals surface area contributed by atoms with E-state index in [0.29, 0.717) is 39.1 Å². The Bertz CT molecular complexity index is 2470. The summed E-state index contributed by atoms with van der Waals surface area (Å²) in [7, 11) is 1.63. The zero-order chi connectivity index (χ0) is 47.4. The Hall–Kier alpha value is -5.86. The maximum atomic E-state index is 14.4. The van der Waals surface area contributed by atoms with Crippen molar-refractivity contribution in [2.75, 3.05) is 46.4 Å². The Morgan fingerprint density at radius 2 is 1.82 bits per heavy atom. The molecule has 352 valence electrons. The van der Waals surface area contributed by atoms with Crippen molar-refractivity contribution >= 4 is 40.5 Å². The van der Waals surface area contributed by atoms with Gasteiger partial charge >= 0.3 is 5.97 Å². The largest absolute Gasteiger partial charge is 0.465 e. The van der Waals surface area contributed by atoms with Crippen LogP contribution >= 0.6 is 0 Å². The van der Waals surface area contributed by atoms with E-state index in [-0.39, 0.29) is 61.3 Å². The van der Waals surface area contributed by atoms with Crippen molar-refractivity contribution in [2.45, 2.75) is 105 Å². The van der Waals surface area contributed by atoms with Gasteiger partial charge in [0.15, 0.2) is 0 Å². The fourth-order valence-electron chi connectivity index (χ4n) is 9.97. The first kappa shape index (κ1) is 48.1. The highest BCUT2D eigenvalue weighted by Crippen LogP contribution is 2.44. The van der Waals surface area contributed by atoms with E-state index in [1.807, 2.05) is 39.0 Å². The molecule has 2 saturated heterocycles. The number of ether oxygens (including phenoxy) is 2. The number of likely N-dealkylation sites (tertiary alicyclic amines) is 1. The van der Waals surface area contributed by atoms with Crippen molar-refractivity contribution in [1.29, 1.82) is 0 Å². The summed E-state index contributed by atoms with van der Waals surface area (Å²) in [4.78, 5) is 74.8. The highest BCUT2D eigenvalue weighted by Gasteiger charge is 2.39. The maximum Gasteiger partial charge on any atom is 0.302 e. The molecule has 2 aromatic carbocycles. The summed E-state index contributed by atoms with van der Waals surface area (Å²) in [6.07, 6.45) is 5.98. The number of carbonyl (C=O) groups is 5. The molecule has 66 heavy (non-hydrogen) atoms. The fourth-order valence-corrected chi connectivity index (χ4v) is 9.97. The number of benzene rings is 2. The SMILES string of the molecule is C=CC(=O)N1CC[C@H](C(=O)N(C)[C@H](C(=O)N[C@@H](Cc2cccc(-c3ccc4c(c3)c(CC(C)(C)COC(C)=O)c3n4[C@@H](C)CO[C@@H](C)c4ncccc4-3)c2)C(=O)N2CCCCN2)C(C)C)C1. The van der Waals surface area contributed by atoms with Gasteiger partial charge in [-0.05, 0) is 98.0 Å². The molecule has 7 rings (SSSR count). The lowest BCUT2D eigenvalue weighted by atomic mass is 9.84. The zero-order valence-electron chi connectivity index (χ0n) is 39.9. The number of pyridine rings is 1. The summed E-state index contributed by atoms with van der Waals surface area (Å²) < 4.78 is 14.3. The number of carbonyl (C=O) groups excluding carboxylic acids is 5. The summed E-state index contributed by atoms with van der Waals surface area (Å²) in [5.41, 5.74) is 10.8. The quantitative estimate of drug-likeness (QED) is 0.102. The smallest absolute Gasteiger partial charge is 0.302 e. The molecule has 3 aliphatic rings. The number of hydrogen-bond donors (Lipinski definition) is 2. The van der Waals surface area contributed by atoms with Gasteiger partial charge < -0.3 is 29.2 Å². The molecular weight excluding hydrogens is 835 g/mol. The predicted molar refractivity (Wildman–Crippen MR) is 255 cm³/mol. The number of aromatic nitrogens is 2. The van der Waals surface area contributed by atoms with Gasteiger partial charge in [-0.3, -0.25) is 34.0 Å². The summed E-state index contributed by atoms with van der Waals surface area (Å²) in [5, 5.41) is 5.79. The van der Waals surface area contributed by atoms with E-state index in [0.717, 1.165) is 62.9 Å². The Morgan fingerprint density at radius 3 is 2.53 bits per heavy atom. The second-order valence-corrected chi connectivity index (χ2v) is 19.5. The molecule has 0 bridgehead atoms. The van der Waals surface area contributed by atoms with Gasteiger partial charge in [-0.2, -0.15) is 0 Å². The minimum Gasteiger partial charge on any atom is -0.465 e. The van der Waals surface area contributed by atoms with Gasteiger partial charge in [0.05, 0.1) is 42.7 Å².